The van der Waals surface area contributed by atoms with E-state index in [0.29, 0.717) is 35.7 Å². The van der Waals surface area contributed by atoms with Gasteiger partial charge in [0, 0.05) is 12.5 Å². The second-order valence-corrected chi connectivity index (χ2v) is 4.44. The Bertz CT molecular complexity index is 661. The molecule has 0 N–H and O–H groups in total. The third-order valence-corrected chi connectivity index (χ3v) is 3.06. The Hall–Kier alpha value is -2.62. The number of esters is 1. The van der Waals surface area contributed by atoms with E-state index in [9.17, 15) is 9.59 Å². The van der Waals surface area contributed by atoms with Crippen molar-refractivity contribution in [1.82, 2.24) is 0 Å². The zero-order valence-electron chi connectivity index (χ0n) is 10.7. The number of carbonyl (C=O) groups is 2. The summed E-state index contributed by atoms with van der Waals surface area (Å²) in [5.74, 6) is 0.451. The average molecular weight is 268 g/mol. The molecule has 0 aromatic heterocycles. The Labute approximate surface area is 115 Å². The van der Waals surface area contributed by atoms with Gasteiger partial charge in [-0.05, 0) is 24.3 Å². The van der Waals surface area contributed by atoms with Crippen LogP contribution in [0.2, 0.25) is 0 Å². The molecule has 0 spiro atoms. The van der Waals surface area contributed by atoms with Gasteiger partial charge in [-0.2, -0.15) is 0 Å². The van der Waals surface area contributed by atoms with Gasteiger partial charge in [-0.1, -0.05) is 18.2 Å². The maximum absolute atomic E-state index is 11.9. The molecular formula is C16H12O4. The summed E-state index contributed by atoms with van der Waals surface area (Å²) in [6.07, 6.45) is 0.385. The molecule has 1 aliphatic heterocycles. The molecule has 3 rings (SSSR count). The standard InChI is InChI=1S/C16H12O4/c17-14-8-9-19-15-10-12(6-7-13(14)15)20-16(18)11-4-2-1-3-5-11/h1-7,10H,8-9H2. The fraction of sp³-hybridized carbons (Fsp3) is 0.125. The van der Waals surface area contributed by atoms with Crippen LogP contribution in [0.1, 0.15) is 27.1 Å². The van der Waals surface area contributed by atoms with Gasteiger partial charge in [-0.3, -0.25) is 4.79 Å². The van der Waals surface area contributed by atoms with Crippen molar-refractivity contribution < 1.29 is 19.1 Å². The van der Waals surface area contributed by atoms with E-state index in [1.54, 1.807) is 42.5 Å². The van der Waals surface area contributed by atoms with Gasteiger partial charge in [0.2, 0.25) is 0 Å². The molecule has 0 saturated carbocycles. The minimum absolute atomic E-state index is 0.0483. The highest BCUT2D eigenvalue weighted by Gasteiger charge is 2.19. The second-order valence-electron chi connectivity index (χ2n) is 4.44. The Morgan fingerprint density at radius 3 is 2.70 bits per heavy atom. The van der Waals surface area contributed by atoms with Crippen LogP contribution in [0.3, 0.4) is 0 Å². The van der Waals surface area contributed by atoms with Crippen molar-refractivity contribution in [3.8, 4) is 11.5 Å². The smallest absolute Gasteiger partial charge is 0.343 e. The van der Waals surface area contributed by atoms with Crippen molar-refractivity contribution in [2.24, 2.45) is 0 Å². The number of carbonyl (C=O) groups excluding carboxylic acids is 2. The lowest BCUT2D eigenvalue weighted by Crippen LogP contribution is -2.15. The van der Waals surface area contributed by atoms with Crippen molar-refractivity contribution in [3.63, 3.8) is 0 Å². The lowest BCUT2D eigenvalue weighted by molar-refractivity contribution is 0.0734. The van der Waals surface area contributed by atoms with Crippen molar-refractivity contribution >= 4 is 11.8 Å². The van der Waals surface area contributed by atoms with Crippen molar-refractivity contribution in [3.05, 3.63) is 59.7 Å². The normalized spacial score (nSPS) is 13.3. The van der Waals surface area contributed by atoms with E-state index in [1.165, 1.54) is 0 Å². The highest BCUT2D eigenvalue weighted by molar-refractivity contribution is 6.00. The second kappa shape index (κ2) is 5.17. The Kier molecular flexibility index (Phi) is 3.21. The number of ether oxygens (including phenoxy) is 2. The molecule has 0 atom stereocenters. The molecule has 0 aliphatic carbocycles. The Morgan fingerprint density at radius 2 is 1.90 bits per heavy atom. The quantitative estimate of drug-likeness (QED) is 0.620. The zero-order valence-corrected chi connectivity index (χ0v) is 10.7. The first-order valence-corrected chi connectivity index (χ1v) is 6.31. The minimum Gasteiger partial charge on any atom is -0.492 e. The van der Waals surface area contributed by atoms with E-state index >= 15 is 0 Å². The summed E-state index contributed by atoms with van der Waals surface area (Å²) < 4.78 is 10.7. The van der Waals surface area contributed by atoms with Crippen LogP contribution >= 0.6 is 0 Å². The van der Waals surface area contributed by atoms with E-state index in [1.807, 2.05) is 6.07 Å². The topological polar surface area (TPSA) is 52.6 Å². The third-order valence-electron chi connectivity index (χ3n) is 3.06. The lowest BCUT2D eigenvalue weighted by Gasteiger charge is -2.16. The molecule has 4 nitrogen and oxygen atoms in total. The van der Waals surface area contributed by atoms with Crippen LogP contribution in [0.4, 0.5) is 0 Å². The van der Waals surface area contributed by atoms with Crippen LogP contribution < -0.4 is 9.47 Å². The van der Waals surface area contributed by atoms with E-state index < -0.39 is 5.97 Å². The largest absolute Gasteiger partial charge is 0.492 e. The van der Waals surface area contributed by atoms with E-state index in [-0.39, 0.29) is 5.78 Å². The predicted molar refractivity (Wildman–Crippen MR) is 72.3 cm³/mol. The molecule has 0 saturated heterocycles. The first-order valence-electron chi connectivity index (χ1n) is 6.31. The van der Waals surface area contributed by atoms with E-state index in [2.05, 4.69) is 0 Å². The number of fused-ring (bicyclic) bond motifs is 1. The molecule has 2 aromatic rings. The van der Waals surface area contributed by atoms with Gasteiger partial charge in [-0.25, -0.2) is 4.79 Å². The predicted octanol–water partition coefficient (Wildman–Crippen LogP) is 2.87. The zero-order chi connectivity index (χ0) is 13.9. The lowest BCUT2D eigenvalue weighted by atomic mass is 10.1. The number of ketones is 1. The van der Waals surface area contributed by atoms with Crippen molar-refractivity contribution in [2.75, 3.05) is 6.61 Å². The fourth-order valence-corrected chi connectivity index (χ4v) is 2.04. The summed E-state index contributed by atoms with van der Waals surface area (Å²) in [6, 6.07) is 13.5. The average Bonchev–Trinajstić information content (AvgIpc) is 2.48. The number of Topliss-reactive ketones (excluding diaryl/α,β-unsaturated/α-hetero) is 1. The third kappa shape index (κ3) is 2.40. The van der Waals surface area contributed by atoms with Gasteiger partial charge in [-0.15, -0.1) is 0 Å². The van der Waals surface area contributed by atoms with Gasteiger partial charge < -0.3 is 9.47 Å². The maximum atomic E-state index is 11.9. The summed E-state index contributed by atoms with van der Waals surface area (Å²) >= 11 is 0. The summed E-state index contributed by atoms with van der Waals surface area (Å²) in [6.45, 7) is 0.363. The molecule has 0 bridgehead atoms. The van der Waals surface area contributed by atoms with Gasteiger partial charge in [0.05, 0.1) is 17.7 Å². The number of benzene rings is 2. The molecule has 1 aliphatic rings. The molecule has 0 fully saturated rings. The Morgan fingerprint density at radius 1 is 1.10 bits per heavy atom. The van der Waals surface area contributed by atoms with Crippen molar-refractivity contribution in [2.45, 2.75) is 6.42 Å². The molecule has 0 radical (unpaired) electrons. The van der Waals surface area contributed by atoms with E-state index in [4.69, 9.17) is 9.47 Å². The fourth-order valence-electron chi connectivity index (χ4n) is 2.04. The highest BCUT2D eigenvalue weighted by atomic mass is 16.5. The summed E-state index contributed by atoms with van der Waals surface area (Å²) in [5.41, 5.74) is 1.01. The van der Waals surface area contributed by atoms with Gasteiger partial charge in [0.15, 0.2) is 5.78 Å². The van der Waals surface area contributed by atoms with Crippen LogP contribution in [-0.4, -0.2) is 18.4 Å². The SMILES string of the molecule is O=C(Oc1ccc2c(c1)OCCC2=O)c1ccccc1. The van der Waals surface area contributed by atoms with Crippen LogP contribution in [0.25, 0.3) is 0 Å². The molecule has 0 unspecified atom stereocenters. The molecule has 4 heteroatoms. The number of rotatable bonds is 2. The molecular weight excluding hydrogens is 256 g/mol. The number of hydrogen-bond donors (Lipinski definition) is 0. The molecule has 20 heavy (non-hydrogen) atoms. The first-order chi connectivity index (χ1) is 9.74. The number of hydrogen-bond acceptors (Lipinski definition) is 4. The molecule has 2 aromatic carbocycles. The van der Waals surface area contributed by atoms with Crippen LogP contribution in [0.15, 0.2) is 48.5 Å². The first kappa shape index (κ1) is 12.4. The summed E-state index contributed by atoms with van der Waals surface area (Å²) in [4.78, 5) is 23.6. The van der Waals surface area contributed by atoms with Crippen LogP contribution in [0.5, 0.6) is 11.5 Å². The highest BCUT2D eigenvalue weighted by Crippen LogP contribution is 2.29. The Balaban J connectivity index is 1.82. The molecule has 0 amide bonds. The van der Waals surface area contributed by atoms with Crippen molar-refractivity contribution in [1.29, 1.82) is 0 Å². The van der Waals surface area contributed by atoms with Crippen LogP contribution in [-0.2, 0) is 0 Å². The van der Waals surface area contributed by atoms with E-state index in [0.717, 1.165) is 0 Å². The van der Waals surface area contributed by atoms with Gasteiger partial charge in [0.1, 0.15) is 11.5 Å². The van der Waals surface area contributed by atoms with Gasteiger partial charge in [0.25, 0.3) is 0 Å². The molecule has 1 heterocycles. The van der Waals surface area contributed by atoms with Gasteiger partial charge >= 0.3 is 5.97 Å². The maximum Gasteiger partial charge on any atom is 0.343 e. The minimum atomic E-state index is -0.437. The monoisotopic (exact) mass is 268 g/mol. The molecule has 100 valence electrons. The van der Waals surface area contributed by atoms with Crippen LogP contribution in [0, 0.1) is 0 Å². The summed E-state index contributed by atoms with van der Waals surface area (Å²) in [7, 11) is 0. The summed E-state index contributed by atoms with van der Waals surface area (Å²) in [5, 5.41) is 0.